The summed E-state index contributed by atoms with van der Waals surface area (Å²) in [7, 11) is 2.00. The highest BCUT2D eigenvalue weighted by molar-refractivity contribution is 6.21. The van der Waals surface area contributed by atoms with Crippen molar-refractivity contribution in [2.24, 2.45) is 16.8 Å². The van der Waals surface area contributed by atoms with Crippen LogP contribution in [0.4, 0.5) is 15.8 Å². The number of nitroso groups, excluding NO2 is 1. The van der Waals surface area contributed by atoms with E-state index in [0.29, 0.717) is 26.2 Å². The number of alkyl halides is 1. The minimum absolute atomic E-state index is 0.147. The van der Waals surface area contributed by atoms with Crippen molar-refractivity contribution in [1.29, 1.82) is 0 Å². The van der Waals surface area contributed by atoms with E-state index in [0.717, 1.165) is 19.3 Å². The molecule has 2 saturated heterocycles. The molecule has 12 heteroatoms. The summed E-state index contributed by atoms with van der Waals surface area (Å²) in [5, 5.41) is 11.5. The van der Waals surface area contributed by atoms with Crippen molar-refractivity contribution in [2.45, 2.75) is 17.7 Å². The number of anilines is 2. The van der Waals surface area contributed by atoms with Crippen LogP contribution in [0.15, 0.2) is 17.6 Å². The van der Waals surface area contributed by atoms with Gasteiger partial charge in [0.2, 0.25) is 5.91 Å². The first-order valence-corrected chi connectivity index (χ1v) is 9.91. The quantitative estimate of drug-likeness (QED) is 0.359. The topological polar surface area (TPSA) is 128 Å². The first-order valence-electron chi connectivity index (χ1n) is 9.47. The fourth-order valence-corrected chi connectivity index (χ4v) is 3.74. The Labute approximate surface area is 173 Å². The maximum absolute atomic E-state index is 14.6. The van der Waals surface area contributed by atoms with Gasteiger partial charge in [-0.15, -0.1) is 16.5 Å². The number of likely N-dealkylation sites (N-methyl/N-ethyl adjacent to an activating group) is 1. The zero-order valence-electron chi connectivity index (χ0n) is 16.1. The number of halogens is 2. The minimum atomic E-state index is -1.29. The second kappa shape index (κ2) is 9.72. The van der Waals surface area contributed by atoms with Crippen LogP contribution in [0, 0.1) is 16.6 Å². The summed E-state index contributed by atoms with van der Waals surface area (Å²) in [6.45, 7) is 3.66. The van der Waals surface area contributed by atoms with E-state index < -0.39 is 30.0 Å². The fraction of sp³-hybridized carbons (Fsp3) is 0.647. The lowest BCUT2D eigenvalue weighted by Crippen LogP contribution is -2.62. The molecule has 29 heavy (non-hydrogen) atoms. The van der Waals surface area contributed by atoms with Crippen LogP contribution in [-0.4, -0.2) is 79.8 Å². The van der Waals surface area contributed by atoms with Gasteiger partial charge < -0.3 is 20.9 Å². The predicted molar refractivity (Wildman–Crippen MR) is 109 cm³/mol. The van der Waals surface area contributed by atoms with E-state index in [1.54, 1.807) is 0 Å². The van der Waals surface area contributed by atoms with Crippen LogP contribution in [0.3, 0.4) is 0 Å². The molecular formula is C17H26ClFN8O2. The highest BCUT2D eigenvalue weighted by Gasteiger charge is 2.37. The Bertz CT molecular complexity index is 725. The Balaban J connectivity index is 1.81. The summed E-state index contributed by atoms with van der Waals surface area (Å²) in [5.74, 6) is -2.10. The van der Waals surface area contributed by atoms with Gasteiger partial charge in [-0.1, -0.05) is 5.18 Å². The van der Waals surface area contributed by atoms with Gasteiger partial charge in [-0.05, 0) is 7.05 Å². The van der Waals surface area contributed by atoms with Crippen LogP contribution < -0.4 is 26.6 Å². The Morgan fingerprint density at radius 3 is 2.62 bits per heavy atom. The number of hydrogen-bond acceptors (Lipinski definition) is 9. The van der Waals surface area contributed by atoms with E-state index in [2.05, 4.69) is 31.0 Å². The summed E-state index contributed by atoms with van der Waals surface area (Å²) >= 11 is 6.04. The van der Waals surface area contributed by atoms with Crippen LogP contribution in [0.25, 0.3) is 0 Å². The molecule has 2 atom stereocenters. The maximum Gasteiger partial charge on any atom is 0.234 e. The maximum atomic E-state index is 14.6. The van der Waals surface area contributed by atoms with Crippen LogP contribution in [0.5, 0.6) is 0 Å². The number of amides is 1. The molecule has 2 aliphatic heterocycles. The van der Waals surface area contributed by atoms with E-state index in [1.807, 2.05) is 11.9 Å². The molecule has 2 fully saturated rings. The molecule has 160 valence electrons. The van der Waals surface area contributed by atoms with Gasteiger partial charge in [-0.3, -0.25) is 20.4 Å². The van der Waals surface area contributed by atoms with Crippen LogP contribution in [0.2, 0.25) is 0 Å². The smallest absolute Gasteiger partial charge is 0.234 e. The summed E-state index contributed by atoms with van der Waals surface area (Å²) in [4.78, 5) is 32.0. The van der Waals surface area contributed by atoms with Crippen molar-refractivity contribution in [1.82, 2.24) is 20.5 Å². The Kier molecular flexibility index (Phi) is 7.30. The number of nitrogens with zero attached hydrogens (tertiary/aromatic N) is 4. The molecule has 0 radical (unpaired) electrons. The van der Waals surface area contributed by atoms with Gasteiger partial charge >= 0.3 is 0 Å². The zero-order chi connectivity index (χ0) is 21.0. The fourth-order valence-electron chi connectivity index (χ4n) is 3.56. The number of nitrogens with two attached hydrogens (primary N) is 1. The third kappa shape index (κ3) is 5.17. The van der Waals surface area contributed by atoms with E-state index in [1.165, 1.54) is 6.20 Å². The number of carbonyl (C=O) groups excluding carboxylic acids is 1. The monoisotopic (exact) mass is 428 g/mol. The van der Waals surface area contributed by atoms with Gasteiger partial charge in [0.1, 0.15) is 11.6 Å². The average molecular weight is 429 g/mol. The SMILES string of the molecule is CN1CCN(c2c(F)cncc2NC(=O)C(C(N)N=O)C2NCC(Cl)CN2)CC1. The molecule has 10 nitrogen and oxygen atoms in total. The lowest BCUT2D eigenvalue weighted by atomic mass is 9.99. The summed E-state index contributed by atoms with van der Waals surface area (Å²) in [5.41, 5.74) is 6.31. The van der Waals surface area contributed by atoms with Crippen molar-refractivity contribution < 1.29 is 9.18 Å². The number of nitrogens with one attached hydrogen (secondary N) is 3. The molecule has 5 N–H and O–H groups in total. The number of piperazine rings is 1. The molecule has 0 spiro atoms. The summed E-state index contributed by atoms with van der Waals surface area (Å²) < 4.78 is 14.6. The van der Waals surface area contributed by atoms with E-state index in [4.69, 9.17) is 17.3 Å². The molecule has 3 rings (SSSR count). The van der Waals surface area contributed by atoms with E-state index >= 15 is 0 Å². The van der Waals surface area contributed by atoms with Gasteiger partial charge in [0.25, 0.3) is 0 Å². The van der Waals surface area contributed by atoms with Crippen molar-refractivity contribution >= 4 is 28.9 Å². The Hall–Kier alpha value is -1.92. The van der Waals surface area contributed by atoms with Crippen LogP contribution in [-0.2, 0) is 4.79 Å². The highest BCUT2D eigenvalue weighted by Crippen LogP contribution is 2.30. The average Bonchev–Trinajstić information content (AvgIpc) is 2.70. The number of pyridine rings is 1. The number of aromatic nitrogens is 1. The van der Waals surface area contributed by atoms with Gasteiger partial charge in [0, 0.05) is 39.3 Å². The lowest BCUT2D eigenvalue weighted by molar-refractivity contribution is -0.121. The third-order valence-electron chi connectivity index (χ3n) is 5.22. The van der Waals surface area contributed by atoms with Gasteiger partial charge in [-0.2, -0.15) is 0 Å². The predicted octanol–water partition coefficient (Wildman–Crippen LogP) is -0.295. The molecule has 1 aromatic rings. The van der Waals surface area contributed by atoms with Gasteiger partial charge in [-0.25, -0.2) is 4.39 Å². The van der Waals surface area contributed by atoms with E-state index in [-0.39, 0.29) is 16.8 Å². The number of carbonyl (C=O) groups is 1. The highest BCUT2D eigenvalue weighted by atomic mass is 35.5. The standard InChI is InChI=1S/C17H26ClFN8O2/c1-26-2-4-27(5-3-26)14-11(19)8-21-9-12(14)24-17(28)13(15(20)25-29)16-22-6-10(18)7-23-16/h8-10,13,15-16,22-23H,2-7,20H2,1H3,(H,24,28). The molecular weight excluding hydrogens is 403 g/mol. The second-order valence-corrected chi connectivity index (χ2v) is 7.93. The molecule has 0 aromatic carbocycles. The van der Waals surface area contributed by atoms with Gasteiger partial charge in [0.15, 0.2) is 12.0 Å². The Morgan fingerprint density at radius 1 is 1.34 bits per heavy atom. The largest absolute Gasteiger partial charge is 0.365 e. The zero-order valence-corrected chi connectivity index (χ0v) is 16.9. The van der Waals surface area contributed by atoms with E-state index in [9.17, 15) is 14.1 Å². The summed E-state index contributed by atoms with van der Waals surface area (Å²) in [6, 6.07) is 0. The molecule has 2 unspecified atom stereocenters. The van der Waals surface area contributed by atoms with Gasteiger partial charge in [0.05, 0.1) is 29.6 Å². The molecule has 1 aromatic heterocycles. The third-order valence-corrected chi connectivity index (χ3v) is 5.53. The van der Waals surface area contributed by atoms with Crippen LogP contribution in [0.1, 0.15) is 0 Å². The van der Waals surface area contributed by atoms with Crippen molar-refractivity contribution in [2.75, 3.05) is 56.5 Å². The van der Waals surface area contributed by atoms with Crippen LogP contribution >= 0.6 is 11.6 Å². The molecule has 0 saturated carbocycles. The summed E-state index contributed by atoms with van der Waals surface area (Å²) in [6.07, 6.45) is 0.624. The molecule has 0 aliphatic carbocycles. The van der Waals surface area contributed by atoms with Crippen molar-refractivity contribution in [3.8, 4) is 0 Å². The number of rotatable bonds is 6. The second-order valence-electron chi connectivity index (χ2n) is 7.31. The molecule has 3 heterocycles. The van der Waals surface area contributed by atoms with Crippen molar-refractivity contribution in [3.63, 3.8) is 0 Å². The minimum Gasteiger partial charge on any atom is -0.365 e. The molecule has 2 aliphatic rings. The van der Waals surface area contributed by atoms with Crippen molar-refractivity contribution in [3.05, 3.63) is 23.1 Å². The number of hydrogen-bond donors (Lipinski definition) is 4. The lowest BCUT2D eigenvalue weighted by Gasteiger charge is -2.36. The first-order chi connectivity index (χ1) is 13.9. The molecule has 1 amide bonds. The first kappa shape index (κ1) is 21.8. The Morgan fingerprint density at radius 2 is 2.00 bits per heavy atom. The normalized spacial score (nSPS) is 25.3. The molecule has 0 bridgehead atoms.